The summed E-state index contributed by atoms with van der Waals surface area (Å²) in [6.07, 6.45) is 0. The van der Waals surface area contributed by atoms with E-state index in [4.69, 9.17) is 4.99 Å². The van der Waals surface area contributed by atoms with Gasteiger partial charge in [-0.25, -0.2) is 0 Å². The van der Waals surface area contributed by atoms with Crippen LogP contribution in [0.25, 0.3) is 0 Å². The van der Waals surface area contributed by atoms with E-state index >= 15 is 0 Å². The third kappa shape index (κ3) is 2.52. The molecule has 0 saturated heterocycles. The van der Waals surface area contributed by atoms with E-state index in [2.05, 4.69) is 48.7 Å². The maximum absolute atomic E-state index is 4.75. The minimum absolute atomic E-state index is 0.191. The van der Waals surface area contributed by atoms with E-state index in [1.807, 2.05) is 30.3 Å². The first-order valence-electron chi connectivity index (χ1n) is 6.88. The predicted molar refractivity (Wildman–Crippen MR) is 85.3 cm³/mol. The highest BCUT2D eigenvalue weighted by Gasteiger charge is 2.30. The van der Waals surface area contributed by atoms with Gasteiger partial charge in [0.05, 0.1) is 23.5 Å². The summed E-state index contributed by atoms with van der Waals surface area (Å²) >= 11 is 0. The van der Waals surface area contributed by atoms with E-state index in [1.54, 1.807) is 0 Å². The summed E-state index contributed by atoms with van der Waals surface area (Å²) in [7, 11) is 0. The van der Waals surface area contributed by atoms with Gasteiger partial charge in [-0.1, -0.05) is 42.5 Å². The maximum Gasteiger partial charge on any atom is 0.126 e. The average Bonchev–Trinajstić information content (AvgIpc) is 2.45. The number of nitrogens with one attached hydrogen (secondary N) is 2. The molecule has 0 spiro atoms. The molecule has 3 heteroatoms. The van der Waals surface area contributed by atoms with Crippen LogP contribution in [0.3, 0.4) is 0 Å². The minimum atomic E-state index is -0.191. The van der Waals surface area contributed by atoms with Crippen molar-refractivity contribution in [2.24, 2.45) is 4.99 Å². The molecule has 0 aromatic heterocycles. The van der Waals surface area contributed by atoms with Gasteiger partial charge in [-0.15, -0.1) is 0 Å². The van der Waals surface area contributed by atoms with Crippen molar-refractivity contribution in [3.8, 4) is 0 Å². The van der Waals surface area contributed by atoms with Crippen molar-refractivity contribution in [2.75, 3.05) is 10.6 Å². The van der Waals surface area contributed by atoms with Gasteiger partial charge in [0.15, 0.2) is 0 Å². The quantitative estimate of drug-likeness (QED) is 0.864. The second-order valence-electron chi connectivity index (χ2n) is 5.57. The van der Waals surface area contributed by atoms with Crippen LogP contribution in [0.2, 0.25) is 0 Å². The number of amidine groups is 1. The Morgan fingerprint density at radius 3 is 2.30 bits per heavy atom. The minimum Gasteiger partial charge on any atom is -0.371 e. The van der Waals surface area contributed by atoms with Crippen LogP contribution in [0.4, 0.5) is 11.4 Å². The van der Waals surface area contributed by atoms with Gasteiger partial charge in [0.25, 0.3) is 0 Å². The molecule has 0 bridgehead atoms. The molecule has 0 unspecified atom stereocenters. The number of benzene rings is 2. The summed E-state index contributed by atoms with van der Waals surface area (Å²) in [5.41, 5.74) is 3.23. The Morgan fingerprint density at radius 2 is 1.55 bits per heavy atom. The van der Waals surface area contributed by atoms with Crippen LogP contribution in [-0.2, 0) is 6.54 Å². The summed E-state index contributed by atoms with van der Waals surface area (Å²) in [6, 6.07) is 18.5. The smallest absolute Gasteiger partial charge is 0.126 e. The molecule has 1 heterocycles. The van der Waals surface area contributed by atoms with Crippen LogP contribution < -0.4 is 10.6 Å². The van der Waals surface area contributed by atoms with E-state index in [1.165, 1.54) is 5.56 Å². The molecule has 0 amide bonds. The standard InChI is InChI=1S/C17H19N3/c1-17(2)16(18-12-13-8-4-3-5-9-13)19-14-10-6-7-11-15(14)20-17/h3-11,20H,12H2,1-2H3,(H,18,19). The number of hydrogen-bond acceptors (Lipinski definition) is 2. The number of hydrogen-bond donors (Lipinski definition) is 2. The lowest BCUT2D eigenvalue weighted by atomic mass is 9.99. The van der Waals surface area contributed by atoms with Crippen molar-refractivity contribution in [2.45, 2.75) is 25.9 Å². The number of anilines is 2. The molecule has 0 saturated carbocycles. The Labute approximate surface area is 119 Å². The highest BCUT2D eigenvalue weighted by atomic mass is 15.2. The molecule has 2 aromatic carbocycles. The maximum atomic E-state index is 4.75. The first kappa shape index (κ1) is 12.7. The molecule has 2 N–H and O–H groups in total. The first-order valence-corrected chi connectivity index (χ1v) is 6.88. The van der Waals surface area contributed by atoms with Crippen LogP contribution in [0.15, 0.2) is 59.6 Å². The molecule has 0 aliphatic carbocycles. The van der Waals surface area contributed by atoms with E-state index in [0.29, 0.717) is 6.54 Å². The van der Waals surface area contributed by atoms with Crippen molar-refractivity contribution in [1.82, 2.24) is 0 Å². The lowest BCUT2D eigenvalue weighted by Gasteiger charge is -2.36. The number of nitrogens with zero attached hydrogens (tertiary/aromatic N) is 1. The lowest BCUT2D eigenvalue weighted by Crippen LogP contribution is -2.47. The largest absolute Gasteiger partial charge is 0.371 e. The summed E-state index contributed by atoms with van der Waals surface area (Å²) in [5.74, 6) is 0.972. The average molecular weight is 265 g/mol. The Balaban J connectivity index is 1.86. The van der Waals surface area contributed by atoms with Gasteiger partial charge in [0.2, 0.25) is 0 Å². The molecular weight excluding hydrogens is 246 g/mol. The summed E-state index contributed by atoms with van der Waals surface area (Å²) < 4.78 is 0. The number of aliphatic imine (C=N–C) groups is 1. The zero-order valence-electron chi connectivity index (χ0n) is 11.9. The molecule has 1 aliphatic heterocycles. The monoisotopic (exact) mass is 265 g/mol. The summed E-state index contributed by atoms with van der Waals surface area (Å²) in [5, 5.41) is 6.97. The van der Waals surface area contributed by atoms with Crippen LogP contribution in [0, 0.1) is 0 Å². The van der Waals surface area contributed by atoms with Crippen molar-refractivity contribution in [1.29, 1.82) is 0 Å². The second kappa shape index (κ2) is 5.00. The van der Waals surface area contributed by atoms with Gasteiger partial charge < -0.3 is 10.6 Å². The topological polar surface area (TPSA) is 36.4 Å². The molecule has 3 nitrogen and oxygen atoms in total. The lowest BCUT2D eigenvalue weighted by molar-refractivity contribution is 0.741. The van der Waals surface area contributed by atoms with Gasteiger partial charge in [0, 0.05) is 0 Å². The van der Waals surface area contributed by atoms with Gasteiger partial charge >= 0.3 is 0 Å². The SMILES string of the molecule is CC1(C)Nc2ccccc2NC1=NCc1ccccc1. The molecule has 0 fully saturated rings. The van der Waals surface area contributed by atoms with Crippen molar-refractivity contribution >= 4 is 17.2 Å². The van der Waals surface area contributed by atoms with E-state index in [-0.39, 0.29) is 5.54 Å². The van der Waals surface area contributed by atoms with Gasteiger partial charge in [0.1, 0.15) is 5.84 Å². The zero-order valence-corrected chi connectivity index (χ0v) is 11.9. The van der Waals surface area contributed by atoms with E-state index in [0.717, 1.165) is 17.2 Å². The summed E-state index contributed by atoms with van der Waals surface area (Å²) in [4.78, 5) is 4.75. The predicted octanol–water partition coefficient (Wildman–Crippen LogP) is 3.90. The Hall–Kier alpha value is -2.29. The molecule has 3 rings (SSSR count). The normalized spacial score (nSPS) is 18.0. The molecule has 0 radical (unpaired) electrons. The fourth-order valence-electron chi connectivity index (χ4n) is 2.37. The molecule has 1 aliphatic rings. The fraction of sp³-hybridized carbons (Fsp3) is 0.235. The van der Waals surface area contributed by atoms with Crippen LogP contribution >= 0.6 is 0 Å². The molecule has 20 heavy (non-hydrogen) atoms. The third-order valence-corrected chi connectivity index (χ3v) is 3.48. The van der Waals surface area contributed by atoms with Crippen molar-refractivity contribution in [3.63, 3.8) is 0 Å². The highest BCUT2D eigenvalue weighted by molar-refractivity contribution is 6.08. The fourth-order valence-corrected chi connectivity index (χ4v) is 2.37. The molecular formula is C17H19N3. The van der Waals surface area contributed by atoms with Crippen LogP contribution in [0.1, 0.15) is 19.4 Å². The zero-order chi connectivity index (χ0) is 14.0. The molecule has 2 aromatic rings. The second-order valence-corrected chi connectivity index (χ2v) is 5.57. The van der Waals surface area contributed by atoms with E-state index < -0.39 is 0 Å². The number of rotatable bonds is 2. The van der Waals surface area contributed by atoms with Gasteiger partial charge in [-0.05, 0) is 31.5 Å². The van der Waals surface area contributed by atoms with Crippen LogP contribution in [0.5, 0.6) is 0 Å². The summed E-state index contributed by atoms with van der Waals surface area (Å²) in [6.45, 7) is 4.97. The van der Waals surface area contributed by atoms with Gasteiger partial charge in [-0.2, -0.15) is 0 Å². The first-order chi connectivity index (χ1) is 9.65. The van der Waals surface area contributed by atoms with Crippen molar-refractivity contribution in [3.05, 3.63) is 60.2 Å². The highest BCUT2D eigenvalue weighted by Crippen LogP contribution is 2.30. The van der Waals surface area contributed by atoms with Crippen LogP contribution in [-0.4, -0.2) is 11.4 Å². The molecule has 0 atom stereocenters. The van der Waals surface area contributed by atoms with Gasteiger partial charge in [-0.3, -0.25) is 4.99 Å². The van der Waals surface area contributed by atoms with E-state index in [9.17, 15) is 0 Å². The number of para-hydroxylation sites is 2. The number of fused-ring (bicyclic) bond motifs is 1. The molecule has 102 valence electrons. The Bertz CT molecular complexity index is 630. The van der Waals surface area contributed by atoms with Crippen molar-refractivity contribution < 1.29 is 0 Å². The Kier molecular flexibility index (Phi) is 3.18. The Morgan fingerprint density at radius 1 is 0.900 bits per heavy atom. The third-order valence-electron chi connectivity index (χ3n) is 3.48.